The van der Waals surface area contributed by atoms with Crippen molar-refractivity contribution in [1.29, 1.82) is 0 Å². The molecule has 0 aromatic heterocycles. The highest BCUT2D eigenvalue weighted by atomic mass is 16.5. The standard InChI is InChI=1S/C19H27N3O2/c20-11-15-3-1-2-13-4-5-14(10-16(13)15)19(23)22-8-6-18-17(12-22)21-7-9-24-18/h4-5,10,15,17-18,21H,1-3,6-9,11-12,20H2/t15?,17-,18+/m1/s1. The molecular weight excluding hydrogens is 302 g/mol. The maximum atomic E-state index is 13.0. The number of amides is 1. The molecule has 3 aliphatic rings. The zero-order chi connectivity index (χ0) is 16.5. The smallest absolute Gasteiger partial charge is 0.253 e. The van der Waals surface area contributed by atoms with Crippen LogP contribution in [0.1, 0.15) is 46.7 Å². The van der Waals surface area contributed by atoms with Gasteiger partial charge in [-0.15, -0.1) is 0 Å². The number of nitrogens with zero attached hydrogens (tertiary/aromatic N) is 1. The number of carbonyl (C=O) groups is 1. The van der Waals surface area contributed by atoms with Crippen LogP contribution in [0.5, 0.6) is 0 Å². The van der Waals surface area contributed by atoms with E-state index in [0.29, 0.717) is 12.5 Å². The second-order valence-corrected chi connectivity index (χ2v) is 7.25. The van der Waals surface area contributed by atoms with E-state index < -0.39 is 0 Å². The number of nitrogens with one attached hydrogen (secondary N) is 1. The van der Waals surface area contributed by atoms with Crippen LogP contribution in [0.25, 0.3) is 0 Å². The molecule has 1 aliphatic carbocycles. The summed E-state index contributed by atoms with van der Waals surface area (Å²) in [5.41, 5.74) is 9.42. The molecular formula is C19H27N3O2. The van der Waals surface area contributed by atoms with E-state index in [2.05, 4.69) is 17.4 Å². The monoisotopic (exact) mass is 329 g/mol. The van der Waals surface area contributed by atoms with Gasteiger partial charge in [0, 0.05) is 25.2 Å². The maximum Gasteiger partial charge on any atom is 0.253 e. The Morgan fingerprint density at radius 1 is 1.38 bits per heavy atom. The van der Waals surface area contributed by atoms with Gasteiger partial charge in [-0.25, -0.2) is 0 Å². The van der Waals surface area contributed by atoms with Gasteiger partial charge in [0.1, 0.15) is 0 Å². The lowest BCUT2D eigenvalue weighted by Gasteiger charge is -2.41. The van der Waals surface area contributed by atoms with E-state index in [4.69, 9.17) is 10.5 Å². The highest BCUT2D eigenvalue weighted by Crippen LogP contribution is 2.32. The molecule has 0 radical (unpaired) electrons. The fourth-order valence-electron chi connectivity index (χ4n) is 4.42. The van der Waals surface area contributed by atoms with Crippen molar-refractivity contribution in [2.24, 2.45) is 5.73 Å². The number of morpholine rings is 1. The van der Waals surface area contributed by atoms with Crippen molar-refractivity contribution in [3.05, 3.63) is 34.9 Å². The predicted octanol–water partition coefficient (Wildman–Crippen LogP) is 1.27. The van der Waals surface area contributed by atoms with Crippen LogP contribution in [0.15, 0.2) is 18.2 Å². The molecule has 0 bridgehead atoms. The lowest BCUT2D eigenvalue weighted by atomic mass is 9.82. The van der Waals surface area contributed by atoms with Crippen LogP contribution in [-0.2, 0) is 11.2 Å². The number of fused-ring (bicyclic) bond motifs is 2. The Morgan fingerprint density at radius 2 is 2.29 bits per heavy atom. The van der Waals surface area contributed by atoms with Gasteiger partial charge in [-0.2, -0.15) is 0 Å². The number of likely N-dealkylation sites (tertiary alicyclic amines) is 1. The van der Waals surface area contributed by atoms with Crippen molar-refractivity contribution in [2.75, 3.05) is 32.8 Å². The van der Waals surface area contributed by atoms with E-state index in [1.807, 2.05) is 11.0 Å². The van der Waals surface area contributed by atoms with E-state index in [1.165, 1.54) is 17.5 Å². The summed E-state index contributed by atoms with van der Waals surface area (Å²) in [7, 11) is 0. The third-order valence-electron chi connectivity index (χ3n) is 5.79. The molecule has 3 N–H and O–H groups in total. The number of hydrogen-bond donors (Lipinski definition) is 2. The predicted molar refractivity (Wildman–Crippen MR) is 93.2 cm³/mol. The zero-order valence-corrected chi connectivity index (χ0v) is 14.2. The molecule has 4 rings (SSSR count). The van der Waals surface area contributed by atoms with Crippen LogP contribution in [0.3, 0.4) is 0 Å². The summed E-state index contributed by atoms with van der Waals surface area (Å²) in [6, 6.07) is 6.51. The fourth-order valence-corrected chi connectivity index (χ4v) is 4.42. The summed E-state index contributed by atoms with van der Waals surface area (Å²) in [5.74, 6) is 0.547. The summed E-state index contributed by atoms with van der Waals surface area (Å²) in [6.45, 7) is 3.83. The Balaban J connectivity index is 1.52. The highest BCUT2D eigenvalue weighted by molar-refractivity contribution is 5.94. The lowest BCUT2D eigenvalue weighted by molar-refractivity contribution is -0.0383. The first-order valence-electron chi connectivity index (χ1n) is 9.23. The Labute approximate surface area is 143 Å². The molecule has 3 atom stereocenters. The summed E-state index contributed by atoms with van der Waals surface area (Å²) in [6.07, 6.45) is 4.61. The first kappa shape index (κ1) is 16.1. The third kappa shape index (κ3) is 2.96. The summed E-state index contributed by atoms with van der Waals surface area (Å²) in [4.78, 5) is 15.0. The quantitative estimate of drug-likeness (QED) is 0.857. The van der Waals surface area contributed by atoms with Gasteiger partial charge >= 0.3 is 0 Å². The van der Waals surface area contributed by atoms with E-state index in [1.54, 1.807) is 0 Å². The summed E-state index contributed by atoms with van der Waals surface area (Å²) in [5, 5.41) is 3.49. The summed E-state index contributed by atoms with van der Waals surface area (Å²) < 4.78 is 5.80. The molecule has 1 aromatic carbocycles. The molecule has 1 unspecified atom stereocenters. The molecule has 2 saturated heterocycles. The Kier molecular flexibility index (Phi) is 4.57. The van der Waals surface area contributed by atoms with Crippen LogP contribution in [0.2, 0.25) is 0 Å². The minimum absolute atomic E-state index is 0.143. The van der Waals surface area contributed by atoms with Crippen molar-refractivity contribution in [3.8, 4) is 0 Å². The molecule has 1 aromatic rings. The number of hydrogen-bond acceptors (Lipinski definition) is 4. The van der Waals surface area contributed by atoms with E-state index in [9.17, 15) is 4.79 Å². The minimum atomic E-state index is 0.143. The van der Waals surface area contributed by atoms with Crippen molar-refractivity contribution in [3.63, 3.8) is 0 Å². The number of benzene rings is 1. The lowest BCUT2D eigenvalue weighted by Crippen LogP contribution is -2.59. The molecule has 2 aliphatic heterocycles. The third-order valence-corrected chi connectivity index (χ3v) is 5.79. The SMILES string of the molecule is NCC1CCCc2ccc(C(=O)N3CC[C@@H]4OCCN[C@@H]4C3)cc21. The molecule has 2 fully saturated rings. The second-order valence-electron chi connectivity index (χ2n) is 7.25. The molecule has 1 amide bonds. The molecule has 5 heteroatoms. The molecule has 0 spiro atoms. The minimum Gasteiger partial charge on any atom is -0.375 e. The van der Waals surface area contributed by atoms with E-state index in [-0.39, 0.29) is 18.1 Å². The van der Waals surface area contributed by atoms with Gasteiger partial charge in [0.15, 0.2) is 0 Å². The molecule has 24 heavy (non-hydrogen) atoms. The first-order valence-corrected chi connectivity index (χ1v) is 9.23. The number of ether oxygens (including phenoxy) is 1. The number of nitrogens with two attached hydrogens (primary N) is 1. The maximum absolute atomic E-state index is 13.0. The van der Waals surface area contributed by atoms with E-state index in [0.717, 1.165) is 51.1 Å². The van der Waals surface area contributed by atoms with Gasteiger partial charge < -0.3 is 20.7 Å². The molecule has 2 heterocycles. The number of carbonyl (C=O) groups excluding carboxylic acids is 1. The summed E-state index contributed by atoms with van der Waals surface area (Å²) >= 11 is 0. The highest BCUT2D eigenvalue weighted by Gasteiger charge is 2.34. The van der Waals surface area contributed by atoms with Crippen molar-refractivity contribution in [1.82, 2.24) is 10.2 Å². The average Bonchev–Trinajstić information content (AvgIpc) is 2.66. The molecule has 5 nitrogen and oxygen atoms in total. The van der Waals surface area contributed by atoms with Crippen molar-refractivity contribution in [2.45, 2.75) is 43.7 Å². The van der Waals surface area contributed by atoms with Gasteiger partial charge in [-0.05, 0) is 61.4 Å². The zero-order valence-electron chi connectivity index (χ0n) is 14.2. The van der Waals surface area contributed by atoms with Crippen LogP contribution >= 0.6 is 0 Å². The van der Waals surface area contributed by atoms with Crippen molar-refractivity contribution < 1.29 is 9.53 Å². The number of piperidine rings is 1. The second kappa shape index (κ2) is 6.82. The fraction of sp³-hybridized carbons (Fsp3) is 0.632. The van der Waals surface area contributed by atoms with Crippen LogP contribution in [-0.4, -0.2) is 55.7 Å². The topological polar surface area (TPSA) is 67.6 Å². The average molecular weight is 329 g/mol. The number of aryl methyl sites for hydroxylation is 1. The Morgan fingerprint density at radius 3 is 3.17 bits per heavy atom. The Bertz CT molecular complexity index is 619. The molecule has 130 valence electrons. The van der Waals surface area contributed by atoms with Gasteiger partial charge in [-0.3, -0.25) is 4.79 Å². The first-order chi connectivity index (χ1) is 11.8. The van der Waals surface area contributed by atoms with E-state index >= 15 is 0 Å². The van der Waals surface area contributed by atoms with Gasteiger partial charge in [0.25, 0.3) is 5.91 Å². The van der Waals surface area contributed by atoms with Crippen LogP contribution < -0.4 is 11.1 Å². The normalized spacial score (nSPS) is 29.7. The Hall–Kier alpha value is -1.43. The van der Waals surface area contributed by atoms with Gasteiger partial charge in [-0.1, -0.05) is 6.07 Å². The molecule has 0 saturated carbocycles. The van der Waals surface area contributed by atoms with Crippen LogP contribution in [0.4, 0.5) is 0 Å². The largest absolute Gasteiger partial charge is 0.375 e. The van der Waals surface area contributed by atoms with Crippen molar-refractivity contribution >= 4 is 5.91 Å². The number of rotatable bonds is 2. The van der Waals surface area contributed by atoms with Gasteiger partial charge in [0.05, 0.1) is 18.8 Å². The van der Waals surface area contributed by atoms with Crippen LogP contribution in [0, 0.1) is 0 Å². The van der Waals surface area contributed by atoms with Gasteiger partial charge in [0.2, 0.25) is 0 Å².